The van der Waals surface area contributed by atoms with Crippen LogP contribution in [0.2, 0.25) is 0 Å². The van der Waals surface area contributed by atoms with Crippen molar-refractivity contribution in [2.24, 2.45) is 5.73 Å². The van der Waals surface area contributed by atoms with Crippen molar-refractivity contribution in [1.82, 2.24) is 4.98 Å². The number of rotatable bonds is 3. The zero-order valence-electron chi connectivity index (χ0n) is 10.4. The molecule has 0 saturated carbocycles. The van der Waals surface area contributed by atoms with Gasteiger partial charge in [0, 0.05) is 18.3 Å². The number of hydrogen-bond donors (Lipinski definition) is 1. The second-order valence-corrected chi connectivity index (χ2v) is 4.18. The predicted octanol–water partition coefficient (Wildman–Crippen LogP) is 3.09. The summed E-state index contributed by atoms with van der Waals surface area (Å²) in [4.78, 5) is 4.21. The van der Waals surface area contributed by atoms with Gasteiger partial charge in [-0.1, -0.05) is 0 Å². The smallest absolute Gasteiger partial charge is 0.222 e. The second-order valence-electron chi connectivity index (χ2n) is 4.18. The van der Waals surface area contributed by atoms with Crippen molar-refractivity contribution in [2.45, 2.75) is 20.4 Å². The number of hydrogen-bond acceptors (Lipinski definition) is 3. The molecule has 2 N–H and O–H groups in total. The van der Waals surface area contributed by atoms with Crippen LogP contribution in [0.15, 0.2) is 30.5 Å². The van der Waals surface area contributed by atoms with E-state index in [0.29, 0.717) is 18.2 Å². The molecule has 0 aliphatic rings. The Kier molecular flexibility index (Phi) is 3.58. The molecular weight excluding hydrogens is 231 g/mol. The van der Waals surface area contributed by atoms with Crippen LogP contribution in [0.5, 0.6) is 11.6 Å². The van der Waals surface area contributed by atoms with E-state index >= 15 is 0 Å². The molecule has 0 unspecified atom stereocenters. The van der Waals surface area contributed by atoms with Crippen LogP contribution in [0, 0.1) is 19.7 Å². The fraction of sp³-hybridized carbons (Fsp3) is 0.214. The van der Waals surface area contributed by atoms with Crippen molar-refractivity contribution in [2.75, 3.05) is 0 Å². The molecule has 0 spiro atoms. The van der Waals surface area contributed by atoms with Crippen molar-refractivity contribution in [3.8, 4) is 11.6 Å². The Balaban J connectivity index is 2.28. The molecule has 1 aromatic carbocycles. The van der Waals surface area contributed by atoms with Crippen LogP contribution < -0.4 is 10.5 Å². The number of nitrogens with zero attached hydrogens (tertiary/aromatic N) is 1. The third-order valence-electron chi connectivity index (χ3n) is 2.67. The Morgan fingerprint density at radius 2 is 2.00 bits per heavy atom. The number of aromatic nitrogens is 1. The number of halogens is 1. The van der Waals surface area contributed by atoms with Crippen molar-refractivity contribution in [1.29, 1.82) is 0 Å². The van der Waals surface area contributed by atoms with Crippen molar-refractivity contribution >= 4 is 0 Å². The zero-order chi connectivity index (χ0) is 13.1. The minimum absolute atomic E-state index is 0.275. The third-order valence-corrected chi connectivity index (χ3v) is 2.67. The van der Waals surface area contributed by atoms with Gasteiger partial charge in [-0.3, -0.25) is 0 Å². The molecule has 1 aromatic heterocycles. The summed E-state index contributed by atoms with van der Waals surface area (Å²) < 4.78 is 18.7. The monoisotopic (exact) mass is 246 g/mol. The first-order valence-electron chi connectivity index (χ1n) is 5.69. The van der Waals surface area contributed by atoms with E-state index < -0.39 is 0 Å². The summed E-state index contributed by atoms with van der Waals surface area (Å²) in [5, 5.41) is 0. The van der Waals surface area contributed by atoms with Gasteiger partial charge in [-0.2, -0.15) is 0 Å². The van der Waals surface area contributed by atoms with Crippen LogP contribution in [0.4, 0.5) is 4.39 Å². The van der Waals surface area contributed by atoms with Crippen LogP contribution in [0.25, 0.3) is 0 Å². The molecule has 3 nitrogen and oxygen atoms in total. The lowest BCUT2D eigenvalue weighted by Gasteiger charge is -2.10. The molecule has 0 fully saturated rings. The van der Waals surface area contributed by atoms with Gasteiger partial charge in [-0.25, -0.2) is 9.37 Å². The molecule has 2 rings (SSSR count). The first-order valence-corrected chi connectivity index (χ1v) is 5.69. The van der Waals surface area contributed by atoms with Gasteiger partial charge in [0.05, 0.1) is 0 Å². The number of ether oxygens (including phenoxy) is 1. The van der Waals surface area contributed by atoms with Crippen molar-refractivity contribution < 1.29 is 9.13 Å². The van der Waals surface area contributed by atoms with Gasteiger partial charge in [0.25, 0.3) is 0 Å². The Morgan fingerprint density at radius 1 is 1.22 bits per heavy atom. The predicted molar refractivity (Wildman–Crippen MR) is 68.1 cm³/mol. The van der Waals surface area contributed by atoms with E-state index in [9.17, 15) is 4.39 Å². The molecule has 4 heteroatoms. The third kappa shape index (κ3) is 2.65. The molecule has 18 heavy (non-hydrogen) atoms. The maximum absolute atomic E-state index is 13.0. The number of aryl methyl sites for hydroxylation is 2. The standard InChI is InChI=1S/C14H15FN2O/c1-9-6-12(15)3-4-13(9)18-14-10(2)5-11(7-16)8-17-14/h3-6,8H,7,16H2,1-2H3. The average molecular weight is 246 g/mol. The van der Waals surface area contributed by atoms with E-state index in [1.807, 2.05) is 13.0 Å². The normalized spacial score (nSPS) is 10.4. The molecular formula is C14H15FN2O. The molecule has 0 amide bonds. The SMILES string of the molecule is Cc1cc(F)ccc1Oc1ncc(CN)cc1C. The summed E-state index contributed by atoms with van der Waals surface area (Å²) in [5.74, 6) is 0.845. The van der Waals surface area contributed by atoms with Gasteiger partial charge in [0.15, 0.2) is 0 Å². The van der Waals surface area contributed by atoms with Crippen LogP contribution >= 0.6 is 0 Å². The molecule has 0 atom stereocenters. The molecule has 1 heterocycles. The van der Waals surface area contributed by atoms with Gasteiger partial charge >= 0.3 is 0 Å². The summed E-state index contributed by atoms with van der Waals surface area (Å²) in [6, 6.07) is 6.33. The average Bonchev–Trinajstić information content (AvgIpc) is 2.34. The Bertz CT molecular complexity index is 570. The van der Waals surface area contributed by atoms with E-state index in [0.717, 1.165) is 16.7 Å². The summed E-state index contributed by atoms with van der Waals surface area (Å²) in [6.45, 7) is 4.14. The van der Waals surface area contributed by atoms with Crippen LogP contribution in [-0.2, 0) is 6.54 Å². The fourth-order valence-corrected chi connectivity index (χ4v) is 1.67. The molecule has 0 radical (unpaired) electrons. The van der Waals surface area contributed by atoms with Gasteiger partial charge in [0.1, 0.15) is 11.6 Å². The van der Waals surface area contributed by atoms with Crippen LogP contribution in [0.1, 0.15) is 16.7 Å². The lowest BCUT2D eigenvalue weighted by atomic mass is 10.2. The molecule has 0 aliphatic heterocycles. The number of nitrogens with two attached hydrogens (primary N) is 1. The highest BCUT2D eigenvalue weighted by molar-refractivity contribution is 5.38. The molecule has 0 aliphatic carbocycles. The minimum Gasteiger partial charge on any atom is -0.438 e. The van der Waals surface area contributed by atoms with Gasteiger partial charge < -0.3 is 10.5 Å². The Labute approximate surface area is 105 Å². The zero-order valence-corrected chi connectivity index (χ0v) is 10.4. The first-order chi connectivity index (χ1) is 8.60. The summed E-state index contributed by atoms with van der Waals surface area (Å²) >= 11 is 0. The van der Waals surface area contributed by atoms with E-state index in [2.05, 4.69) is 4.98 Å². The van der Waals surface area contributed by atoms with Gasteiger partial charge in [0.2, 0.25) is 5.88 Å². The van der Waals surface area contributed by atoms with E-state index in [-0.39, 0.29) is 5.82 Å². The van der Waals surface area contributed by atoms with Crippen molar-refractivity contribution in [3.05, 3.63) is 53.0 Å². The number of benzene rings is 1. The Hall–Kier alpha value is -1.94. The van der Waals surface area contributed by atoms with E-state index in [4.69, 9.17) is 10.5 Å². The highest BCUT2D eigenvalue weighted by Crippen LogP contribution is 2.26. The highest BCUT2D eigenvalue weighted by Gasteiger charge is 2.07. The maximum Gasteiger partial charge on any atom is 0.222 e. The van der Waals surface area contributed by atoms with Gasteiger partial charge in [-0.15, -0.1) is 0 Å². The van der Waals surface area contributed by atoms with E-state index in [1.54, 1.807) is 19.2 Å². The maximum atomic E-state index is 13.0. The van der Waals surface area contributed by atoms with Crippen molar-refractivity contribution in [3.63, 3.8) is 0 Å². The molecule has 94 valence electrons. The highest BCUT2D eigenvalue weighted by atomic mass is 19.1. The molecule has 0 bridgehead atoms. The van der Waals surface area contributed by atoms with Crippen LogP contribution in [-0.4, -0.2) is 4.98 Å². The fourth-order valence-electron chi connectivity index (χ4n) is 1.67. The van der Waals surface area contributed by atoms with Crippen LogP contribution in [0.3, 0.4) is 0 Å². The molecule has 2 aromatic rings. The topological polar surface area (TPSA) is 48.1 Å². The largest absolute Gasteiger partial charge is 0.438 e. The lowest BCUT2D eigenvalue weighted by Crippen LogP contribution is -2.00. The van der Waals surface area contributed by atoms with Gasteiger partial charge in [-0.05, 0) is 49.2 Å². The minimum atomic E-state index is -0.275. The Morgan fingerprint density at radius 3 is 2.61 bits per heavy atom. The summed E-state index contributed by atoms with van der Waals surface area (Å²) in [7, 11) is 0. The summed E-state index contributed by atoms with van der Waals surface area (Å²) in [6.07, 6.45) is 1.68. The second kappa shape index (κ2) is 5.14. The summed E-state index contributed by atoms with van der Waals surface area (Å²) in [5.41, 5.74) is 8.13. The number of pyridine rings is 1. The van der Waals surface area contributed by atoms with E-state index in [1.165, 1.54) is 12.1 Å². The quantitative estimate of drug-likeness (QED) is 0.905. The molecule has 0 saturated heterocycles. The first kappa shape index (κ1) is 12.5. The lowest BCUT2D eigenvalue weighted by molar-refractivity contribution is 0.453.